The van der Waals surface area contributed by atoms with Crippen molar-refractivity contribution >= 4 is 21.6 Å². The Morgan fingerprint density at radius 1 is 1.58 bits per heavy atom. The molecule has 2 heterocycles. The summed E-state index contributed by atoms with van der Waals surface area (Å²) >= 11 is 3.36. The maximum Gasteiger partial charge on any atom is 0.283 e. The first-order chi connectivity index (χ1) is 9.22. The summed E-state index contributed by atoms with van der Waals surface area (Å²) in [7, 11) is 1.60. The second-order valence-electron chi connectivity index (χ2n) is 4.56. The zero-order valence-electron chi connectivity index (χ0n) is 11.0. The molecular weight excluding hydrogens is 312 g/mol. The first-order valence-corrected chi connectivity index (χ1v) is 7.23. The van der Waals surface area contributed by atoms with Crippen molar-refractivity contribution in [2.75, 3.05) is 32.1 Å². The van der Waals surface area contributed by atoms with Gasteiger partial charge in [0.05, 0.1) is 25.0 Å². The lowest BCUT2D eigenvalue weighted by Crippen LogP contribution is -2.36. The average molecular weight is 331 g/mol. The molecule has 2 rings (SSSR count). The van der Waals surface area contributed by atoms with Crippen molar-refractivity contribution in [3.63, 3.8) is 0 Å². The van der Waals surface area contributed by atoms with Crippen molar-refractivity contribution in [1.29, 1.82) is 0 Å². The molecule has 0 aliphatic carbocycles. The molecule has 0 aromatic carbocycles. The third-order valence-electron chi connectivity index (χ3n) is 3.19. The van der Waals surface area contributed by atoms with Crippen molar-refractivity contribution < 1.29 is 4.74 Å². The summed E-state index contributed by atoms with van der Waals surface area (Å²) in [4.78, 5) is 12.1. The molecule has 0 spiro atoms. The standard InChI is InChI=1S/C12H19BrN4O2/c1-19-7-6-17-12(18)11(13)10(8-15-17)16-9-2-4-14-5-3-9/h8-9,14,16H,2-7H2,1H3. The molecule has 1 fully saturated rings. The minimum absolute atomic E-state index is 0.129. The molecule has 0 saturated carbocycles. The Bertz CT molecular complexity index is 471. The number of anilines is 1. The Hall–Kier alpha value is -0.920. The van der Waals surface area contributed by atoms with Crippen molar-refractivity contribution in [3.8, 4) is 0 Å². The number of ether oxygens (including phenoxy) is 1. The molecule has 1 aliphatic rings. The van der Waals surface area contributed by atoms with Crippen LogP contribution in [0, 0.1) is 0 Å². The van der Waals surface area contributed by atoms with Crippen LogP contribution in [-0.4, -0.2) is 42.6 Å². The number of methoxy groups -OCH3 is 1. The molecule has 1 saturated heterocycles. The predicted molar refractivity (Wildman–Crippen MR) is 77.6 cm³/mol. The number of hydrogen-bond acceptors (Lipinski definition) is 5. The van der Waals surface area contributed by atoms with Crippen LogP contribution in [0.25, 0.3) is 0 Å². The molecule has 0 unspecified atom stereocenters. The molecule has 1 aromatic rings. The zero-order chi connectivity index (χ0) is 13.7. The molecule has 0 bridgehead atoms. The van der Waals surface area contributed by atoms with E-state index in [1.165, 1.54) is 4.68 Å². The number of halogens is 1. The lowest BCUT2D eigenvalue weighted by atomic mass is 10.1. The summed E-state index contributed by atoms with van der Waals surface area (Å²) in [5.41, 5.74) is 0.640. The Morgan fingerprint density at radius 3 is 3.00 bits per heavy atom. The highest BCUT2D eigenvalue weighted by Crippen LogP contribution is 2.19. The van der Waals surface area contributed by atoms with E-state index in [0.29, 0.717) is 23.7 Å². The first kappa shape index (κ1) is 14.5. The first-order valence-electron chi connectivity index (χ1n) is 6.44. The SMILES string of the molecule is COCCn1ncc(NC2CCNCC2)c(Br)c1=O. The van der Waals surface area contributed by atoms with Crippen LogP contribution in [0.3, 0.4) is 0 Å². The van der Waals surface area contributed by atoms with Crippen molar-refractivity contribution in [2.45, 2.75) is 25.4 Å². The van der Waals surface area contributed by atoms with Crippen LogP contribution in [0.1, 0.15) is 12.8 Å². The number of hydrogen-bond donors (Lipinski definition) is 2. The predicted octanol–water partition coefficient (Wildman–Crippen LogP) is 0.816. The van der Waals surface area contributed by atoms with Crippen LogP contribution in [0.2, 0.25) is 0 Å². The van der Waals surface area contributed by atoms with Crippen molar-refractivity contribution in [2.24, 2.45) is 0 Å². The molecule has 7 heteroatoms. The Balaban J connectivity index is 2.09. The van der Waals surface area contributed by atoms with E-state index in [-0.39, 0.29) is 5.56 Å². The van der Waals surface area contributed by atoms with Gasteiger partial charge in [-0.05, 0) is 41.9 Å². The number of aromatic nitrogens is 2. The van der Waals surface area contributed by atoms with E-state index in [4.69, 9.17) is 4.74 Å². The minimum Gasteiger partial charge on any atom is -0.383 e. The third-order valence-corrected chi connectivity index (χ3v) is 3.96. The summed E-state index contributed by atoms with van der Waals surface area (Å²) in [6.45, 7) is 2.95. The fourth-order valence-electron chi connectivity index (χ4n) is 2.09. The minimum atomic E-state index is -0.129. The molecule has 0 atom stereocenters. The Kier molecular flexibility index (Phi) is 5.35. The van der Waals surface area contributed by atoms with Crippen LogP contribution < -0.4 is 16.2 Å². The van der Waals surface area contributed by atoms with E-state index in [2.05, 4.69) is 31.7 Å². The van der Waals surface area contributed by atoms with Gasteiger partial charge in [-0.15, -0.1) is 0 Å². The molecule has 2 N–H and O–H groups in total. The van der Waals surface area contributed by atoms with Crippen LogP contribution >= 0.6 is 15.9 Å². The van der Waals surface area contributed by atoms with Gasteiger partial charge in [0.1, 0.15) is 4.47 Å². The van der Waals surface area contributed by atoms with Crippen LogP contribution in [0.15, 0.2) is 15.5 Å². The van der Waals surface area contributed by atoms with E-state index >= 15 is 0 Å². The molecule has 0 amide bonds. The summed E-state index contributed by atoms with van der Waals surface area (Å²) in [5, 5.41) is 10.8. The second-order valence-corrected chi connectivity index (χ2v) is 5.35. The topological polar surface area (TPSA) is 68.2 Å². The van der Waals surface area contributed by atoms with E-state index < -0.39 is 0 Å². The van der Waals surface area contributed by atoms with Gasteiger partial charge in [0.25, 0.3) is 5.56 Å². The Labute approximate surface area is 120 Å². The molecule has 1 aliphatic heterocycles. The van der Waals surface area contributed by atoms with Crippen molar-refractivity contribution in [3.05, 3.63) is 21.0 Å². The summed E-state index contributed by atoms with van der Waals surface area (Å²) in [6.07, 6.45) is 3.81. The molecule has 106 valence electrons. The van der Waals surface area contributed by atoms with Gasteiger partial charge >= 0.3 is 0 Å². The highest BCUT2D eigenvalue weighted by molar-refractivity contribution is 9.10. The molecule has 6 nitrogen and oxygen atoms in total. The van der Waals surface area contributed by atoms with Crippen molar-refractivity contribution in [1.82, 2.24) is 15.1 Å². The Morgan fingerprint density at radius 2 is 2.32 bits per heavy atom. The van der Waals surface area contributed by atoms with Gasteiger partial charge in [-0.2, -0.15) is 5.10 Å². The van der Waals surface area contributed by atoms with Crippen LogP contribution in [0.5, 0.6) is 0 Å². The number of nitrogens with zero attached hydrogens (tertiary/aromatic N) is 2. The largest absolute Gasteiger partial charge is 0.383 e. The summed E-state index contributed by atoms with van der Waals surface area (Å²) < 4.78 is 6.90. The zero-order valence-corrected chi connectivity index (χ0v) is 12.6. The number of nitrogens with one attached hydrogen (secondary N) is 2. The maximum atomic E-state index is 12.1. The van der Waals surface area contributed by atoms with Gasteiger partial charge in [0, 0.05) is 13.2 Å². The number of rotatable bonds is 5. The maximum absolute atomic E-state index is 12.1. The van der Waals surface area contributed by atoms with Gasteiger partial charge in [-0.25, -0.2) is 4.68 Å². The monoisotopic (exact) mass is 330 g/mol. The third kappa shape index (κ3) is 3.77. The normalized spacial score (nSPS) is 16.5. The molecule has 0 radical (unpaired) electrons. The van der Waals surface area contributed by atoms with E-state index in [1.807, 2.05) is 0 Å². The fraction of sp³-hybridized carbons (Fsp3) is 0.667. The fourth-order valence-corrected chi connectivity index (χ4v) is 2.51. The van der Waals surface area contributed by atoms with Crippen LogP contribution in [0.4, 0.5) is 5.69 Å². The van der Waals surface area contributed by atoms with Gasteiger partial charge < -0.3 is 15.4 Å². The number of piperidine rings is 1. The quantitative estimate of drug-likeness (QED) is 0.836. The molecule has 19 heavy (non-hydrogen) atoms. The van der Waals surface area contributed by atoms with Gasteiger partial charge in [-0.1, -0.05) is 0 Å². The smallest absolute Gasteiger partial charge is 0.283 e. The van der Waals surface area contributed by atoms with E-state index in [1.54, 1.807) is 13.3 Å². The molecule has 1 aromatic heterocycles. The average Bonchev–Trinajstić information content (AvgIpc) is 2.44. The highest BCUT2D eigenvalue weighted by Gasteiger charge is 2.15. The van der Waals surface area contributed by atoms with Crippen LogP contribution in [-0.2, 0) is 11.3 Å². The summed E-state index contributed by atoms with van der Waals surface area (Å²) in [5.74, 6) is 0. The van der Waals surface area contributed by atoms with E-state index in [0.717, 1.165) is 31.6 Å². The lowest BCUT2D eigenvalue weighted by Gasteiger charge is -2.25. The van der Waals surface area contributed by atoms with Gasteiger partial charge in [0.2, 0.25) is 0 Å². The van der Waals surface area contributed by atoms with E-state index in [9.17, 15) is 4.79 Å². The summed E-state index contributed by atoms with van der Waals surface area (Å²) in [6, 6.07) is 0.397. The second kappa shape index (κ2) is 7.02. The van der Waals surface area contributed by atoms with Gasteiger partial charge in [0.15, 0.2) is 0 Å². The highest BCUT2D eigenvalue weighted by atomic mass is 79.9. The lowest BCUT2D eigenvalue weighted by molar-refractivity contribution is 0.181. The molecular formula is C12H19BrN4O2. The van der Waals surface area contributed by atoms with Gasteiger partial charge in [-0.3, -0.25) is 4.79 Å².